The van der Waals surface area contributed by atoms with Crippen LogP contribution < -0.4 is 0 Å². The summed E-state index contributed by atoms with van der Waals surface area (Å²) in [5, 5.41) is 8.42. The molecule has 12 rings (SSSR count). The van der Waals surface area contributed by atoms with E-state index in [2.05, 4.69) is 126 Å². The number of allylic oxidation sites excluding steroid dienone is 2. The van der Waals surface area contributed by atoms with Crippen molar-refractivity contribution >= 4 is 102 Å². The monoisotopic (exact) mass is 792 g/mol. The van der Waals surface area contributed by atoms with E-state index in [4.69, 9.17) is 19.4 Å². The molecule has 0 aliphatic carbocycles. The topological polar surface area (TPSA) is 56.7 Å². The van der Waals surface area contributed by atoms with Crippen LogP contribution in [0.3, 0.4) is 0 Å². The van der Waals surface area contributed by atoms with Crippen molar-refractivity contribution in [2.45, 2.75) is 6.92 Å². The fourth-order valence-electron chi connectivity index (χ4n) is 8.79. The molecular formula is C52H32N4OS2. The lowest BCUT2D eigenvalue weighted by Gasteiger charge is -2.13. The van der Waals surface area contributed by atoms with Gasteiger partial charge in [0.1, 0.15) is 11.3 Å². The van der Waals surface area contributed by atoms with Crippen LogP contribution in [-0.4, -0.2) is 19.5 Å². The van der Waals surface area contributed by atoms with Crippen LogP contribution in [0.15, 0.2) is 169 Å². The third-order valence-corrected chi connectivity index (χ3v) is 13.8. The second-order valence-corrected chi connectivity index (χ2v) is 16.9. The first kappa shape index (κ1) is 33.9. The molecule has 0 saturated carbocycles. The van der Waals surface area contributed by atoms with E-state index in [9.17, 15) is 0 Å². The van der Waals surface area contributed by atoms with Crippen LogP contribution in [0, 0.1) is 6.92 Å². The minimum atomic E-state index is 0.621. The van der Waals surface area contributed by atoms with Gasteiger partial charge in [-0.2, -0.15) is 0 Å². The third kappa shape index (κ3) is 5.18. The molecule has 0 N–H and O–H groups in total. The van der Waals surface area contributed by atoms with Gasteiger partial charge in [0.05, 0.1) is 11.0 Å². The van der Waals surface area contributed by atoms with Gasteiger partial charge in [-0.05, 0) is 49.4 Å². The highest BCUT2D eigenvalue weighted by atomic mass is 32.1. The number of furan rings is 1. The number of fused-ring (bicyclic) bond motifs is 12. The zero-order chi connectivity index (χ0) is 39.2. The number of hydrogen-bond donors (Lipinski definition) is 0. The van der Waals surface area contributed by atoms with Gasteiger partial charge in [-0.25, -0.2) is 15.0 Å². The summed E-state index contributed by atoms with van der Waals surface area (Å²) in [5.41, 5.74) is 8.04. The van der Waals surface area contributed by atoms with Crippen molar-refractivity contribution in [3.05, 3.63) is 176 Å². The Bertz CT molecular complexity index is 3640. The molecule has 5 nitrogen and oxygen atoms in total. The zero-order valence-corrected chi connectivity index (χ0v) is 33.4. The molecule has 0 aliphatic rings. The minimum Gasteiger partial charge on any atom is -0.461 e. The van der Waals surface area contributed by atoms with Gasteiger partial charge in [-0.1, -0.05) is 128 Å². The Kier molecular flexibility index (Phi) is 7.57. The molecule has 12 aromatic rings. The van der Waals surface area contributed by atoms with Gasteiger partial charge < -0.3 is 8.98 Å². The lowest BCUT2D eigenvalue weighted by Crippen LogP contribution is -2.01. The number of nitrogens with zero attached hydrogens (tertiary/aromatic N) is 4. The van der Waals surface area contributed by atoms with Crippen LogP contribution in [0.2, 0.25) is 0 Å². The zero-order valence-electron chi connectivity index (χ0n) is 31.8. The summed E-state index contributed by atoms with van der Waals surface area (Å²) in [5.74, 6) is 2.74. The molecule has 0 atom stereocenters. The maximum Gasteiger partial charge on any atom is 0.165 e. The van der Waals surface area contributed by atoms with E-state index in [0.717, 1.165) is 75.9 Å². The summed E-state index contributed by atoms with van der Waals surface area (Å²) in [6.45, 7) is 6.00. The van der Waals surface area contributed by atoms with Gasteiger partial charge in [-0.15, -0.1) is 22.7 Å². The van der Waals surface area contributed by atoms with Gasteiger partial charge in [0.25, 0.3) is 0 Å². The quantitative estimate of drug-likeness (QED) is 0.157. The maximum atomic E-state index is 6.43. The van der Waals surface area contributed by atoms with Gasteiger partial charge in [-0.3, -0.25) is 0 Å². The molecule has 0 amide bonds. The Hall–Kier alpha value is -7.19. The standard InChI is InChI=1S/C52H32N4OS2/c1-3-4-19-34-30(2)57-42-26-27-44-47(46(34)42)38-28-33(56-40-22-13-11-21-37(40)45-41(56)25-24-36-35-20-12-14-23-43(35)58-49(36)45)29-39(48(38)59-44)52-54-50(31-15-7-5-8-16-31)53-51(55-52)32-17-9-6-10-18-32/h3-29H,1H2,2H3/b19-4-. The predicted molar refractivity (Wildman–Crippen MR) is 250 cm³/mol. The highest BCUT2D eigenvalue weighted by Crippen LogP contribution is 2.48. The summed E-state index contributed by atoms with van der Waals surface area (Å²) in [6, 6.07) is 51.4. The van der Waals surface area contributed by atoms with E-state index < -0.39 is 0 Å². The molecule has 0 bridgehead atoms. The number of hydrogen-bond acceptors (Lipinski definition) is 6. The lowest BCUT2D eigenvalue weighted by atomic mass is 10.0. The molecule has 0 radical (unpaired) electrons. The number of aromatic nitrogens is 4. The largest absolute Gasteiger partial charge is 0.461 e. The normalized spacial score (nSPS) is 12.2. The summed E-state index contributed by atoms with van der Waals surface area (Å²) in [4.78, 5) is 15.6. The molecule has 0 spiro atoms. The molecule has 59 heavy (non-hydrogen) atoms. The predicted octanol–water partition coefficient (Wildman–Crippen LogP) is 15.0. The van der Waals surface area contributed by atoms with E-state index in [0.29, 0.717) is 17.5 Å². The summed E-state index contributed by atoms with van der Waals surface area (Å²) >= 11 is 3.64. The molecule has 0 aliphatic heterocycles. The summed E-state index contributed by atoms with van der Waals surface area (Å²) < 4.78 is 13.7. The molecule has 5 heterocycles. The van der Waals surface area contributed by atoms with Crippen LogP contribution in [0.5, 0.6) is 0 Å². The Morgan fingerprint density at radius 3 is 2.00 bits per heavy atom. The highest BCUT2D eigenvalue weighted by Gasteiger charge is 2.24. The first-order valence-corrected chi connectivity index (χ1v) is 21.2. The first-order chi connectivity index (χ1) is 29.1. The minimum absolute atomic E-state index is 0.621. The van der Waals surface area contributed by atoms with E-state index in [1.807, 2.05) is 66.8 Å². The highest BCUT2D eigenvalue weighted by molar-refractivity contribution is 7.27. The van der Waals surface area contributed by atoms with Crippen molar-refractivity contribution in [1.82, 2.24) is 19.5 Å². The van der Waals surface area contributed by atoms with Crippen molar-refractivity contribution in [3.63, 3.8) is 0 Å². The van der Waals surface area contributed by atoms with Crippen molar-refractivity contribution in [1.29, 1.82) is 0 Å². The summed E-state index contributed by atoms with van der Waals surface area (Å²) in [7, 11) is 0. The molecule has 5 aromatic heterocycles. The number of para-hydroxylation sites is 1. The second kappa shape index (κ2) is 13.2. The second-order valence-electron chi connectivity index (χ2n) is 14.8. The summed E-state index contributed by atoms with van der Waals surface area (Å²) in [6.07, 6.45) is 5.90. The van der Waals surface area contributed by atoms with Crippen LogP contribution in [-0.2, 0) is 0 Å². The van der Waals surface area contributed by atoms with E-state index in [1.54, 1.807) is 11.3 Å². The Morgan fingerprint density at radius 1 is 0.559 bits per heavy atom. The molecule has 278 valence electrons. The molecule has 7 heteroatoms. The maximum absolute atomic E-state index is 6.43. The number of thiophene rings is 2. The molecule has 0 unspecified atom stereocenters. The Balaban J connectivity index is 1.24. The average molecular weight is 793 g/mol. The van der Waals surface area contributed by atoms with E-state index in [-0.39, 0.29) is 0 Å². The van der Waals surface area contributed by atoms with Crippen molar-refractivity contribution in [2.24, 2.45) is 0 Å². The van der Waals surface area contributed by atoms with Crippen molar-refractivity contribution < 1.29 is 4.42 Å². The number of benzene rings is 7. The van der Waals surface area contributed by atoms with Gasteiger partial charge in [0, 0.05) is 84.4 Å². The van der Waals surface area contributed by atoms with Gasteiger partial charge >= 0.3 is 0 Å². The number of rotatable bonds is 6. The first-order valence-electron chi connectivity index (χ1n) is 19.6. The van der Waals surface area contributed by atoms with Crippen molar-refractivity contribution in [3.8, 4) is 39.9 Å². The Labute approximate surface area is 346 Å². The average Bonchev–Trinajstić information content (AvgIpc) is 4.04. The van der Waals surface area contributed by atoms with Crippen LogP contribution in [0.25, 0.3) is 119 Å². The smallest absolute Gasteiger partial charge is 0.165 e. The fourth-order valence-corrected chi connectivity index (χ4v) is 11.2. The van der Waals surface area contributed by atoms with Crippen LogP contribution in [0.1, 0.15) is 11.3 Å². The lowest BCUT2D eigenvalue weighted by molar-refractivity contribution is 0.577. The van der Waals surface area contributed by atoms with Crippen molar-refractivity contribution in [2.75, 3.05) is 0 Å². The third-order valence-electron chi connectivity index (χ3n) is 11.4. The molecular weight excluding hydrogens is 761 g/mol. The Morgan fingerprint density at radius 2 is 1.24 bits per heavy atom. The van der Waals surface area contributed by atoms with Gasteiger partial charge in [0.2, 0.25) is 0 Å². The SMILES string of the molecule is C=C/C=C\c1c(C)oc2ccc3sc4c(-c5nc(-c6ccccc6)nc(-c6ccccc6)n5)cc(-n5c6ccccc6c6c7sc8ccccc8c7ccc65)cc4c3c12. The van der Waals surface area contributed by atoms with E-state index in [1.165, 1.54) is 30.9 Å². The number of aryl methyl sites for hydroxylation is 1. The van der Waals surface area contributed by atoms with Crippen LogP contribution >= 0.6 is 22.7 Å². The fraction of sp³-hybridized carbons (Fsp3) is 0.0192. The van der Waals surface area contributed by atoms with Gasteiger partial charge in [0.15, 0.2) is 17.5 Å². The van der Waals surface area contributed by atoms with Crippen LogP contribution in [0.4, 0.5) is 0 Å². The molecule has 7 aromatic carbocycles. The molecule has 0 fully saturated rings. The van der Waals surface area contributed by atoms with E-state index >= 15 is 0 Å². The molecule has 0 saturated heterocycles.